The highest BCUT2D eigenvalue weighted by Gasteiger charge is 2.14. The third-order valence-corrected chi connectivity index (χ3v) is 2.98. The lowest BCUT2D eigenvalue weighted by atomic mass is 10.1. The normalized spacial score (nSPS) is 12.9. The van der Waals surface area contributed by atoms with Crippen LogP contribution >= 0.6 is 0 Å². The Bertz CT molecular complexity index is 505. The zero-order chi connectivity index (χ0) is 15.7. The average molecular weight is 290 g/mol. The SMILES string of the molecule is C#CCNC(=NCC(c1cccc(F)c1)N(C)C)NCC. The topological polar surface area (TPSA) is 39.7 Å². The van der Waals surface area contributed by atoms with Gasteiger partial charge in [-0.3, -0.25) is 4.99 Å². The van der Waals surface area contributed by atoms with Crippen LogP contribution in [0.1, 0.15) is 18.5 Å². The minimum Gasteiger partial charge on any atom is -0.357 e. The van der Waals surface area contributed by atoms with Crippen molar-refractivity contribution >= 4 is 5.96 Å². The summed E-state index contributed by atoms with van der Waals surface area (Å²) in [5.41, 5.74) is 0.900. The van der Waals surface area contributed by atoms with Crippen LogP contribution in [0.5, 0.6) is 0 Å². The van der Waals surface area contributed by atoms with Crippen molar-refractivity contribution < 1.29 is 4.39 Å². The predicted molar refractivity (Wildman–Crippen MR) is 85.6 cm³/mol. The molecule has 0 amide bonds. The Kier molecular flexibility index (Phi) is 7.27. The van der Waals surface area contributed by atoms with Gasteiger partial charge in [0.15, 0.2) is 5.96 Å². The molecule has 0 aliphatic carbocycles. The number of nitrogens with one attached hydrogen (secondary N) is 2. The fraction of sp³-hybridized carbons (Fsp3) is 0.438. The lowest BCUT2D eigenvalue weighted by Crippen LogP contribution is -2.38. The van der Waals surface area contributed by atoms with E-state index < -0.39 is 0 Å². The molecule has 0 saturated heterocycles. The van der Waals surface area contributed by atoms with E-state index in [9.17, 15) is 4.39 Å². The number of rotatable bonds is 6. The highest BCUT2D eigenvalue weighted by molar-refractivity contribution is 5.80. The molecule has 0 aliphatic heterocycles. The second-order valence-electron chi connectivity index (χ2n) is 4.81. The van der Waals surface area contributed by atoms with Crippen molar-refractivity contribution in [3.8, 4) is 12.3 Å². The van der Waals surface area contributed by atoms with E-state index in [1.54, 1.807) is 12.1 Å². The molecule has 4 nitrogen and oxygen atoms in total. The molecule has 0 aromatic heterocycles. The van der Waals surface area contributed by atoms with Crippen molar-refractivity contribution in [3.63, 3.8) is 0 Å². The molecule has 21 heavy (non-hydrogen) atoms. The molecule has 1 unspecified atom stereocenters. The van der Waals surface area contributed by atoms with Crippen LogP contribution in [0.15, 0.2) is 29.3 Å². The quantitative estimate of drug-likeness (QED) is 0.475. The number of hydrogen-bond acceptors (Lipinski definition) is 2. The highest BCUT2D eigenvalue weighted by Crippen LogP contribution is 2.19. The monoisotopic (exact) mass is 290 g/mol. The van der Waals surface area contributed by atoms with Gasteiger partial charge in [-0.15, -0.1) is 6.42 Å². The zero-order valence-corrected chi connectivity index (χ0v) is 12.9. The van der Waals surface area contributed by atoms with Crippen LogP contribution in [0.4, 0.5) is 4.39 Å². The van der Waals surface area contributed by atoms with Crippen molar-refractivity contribution in [2.75, 3.05) is 33.7 Å². The van der Waals surface area contributed by atoms with E-state index >= 15 is 0 Å². The molecule has 114 valence electrons. The Labute approximate surface area is 126 Å². The number of nitrogens with zero attached hydrogens (tertiary/aromatic N) is 2. The summed E-state index contributed by atoms with van der Waals surface area (Å²) in [5.74, 6) is 2.94. The predicted octanol–water partition coefficient (Wildman–Crippen LogP) is 1.62. The largest absolute Gasteiger partial charge is 0.357 e. The van der Waals surface area contributed by atoms with Crippen LogP contribution < -0.4 is 10.6 Å². The smallest absolute Gasteiger partial charge is 0.192 e. The van der Waals surface area contributed by atoms with Crippen molar-refractivity contribution in [2.45, 2.75) is 13.0 Å². The van der Waals surface area contributed by atoms with Gasteiger partial charge in [-0.1, -0.05) is 18.1 Å². The van der Waals surface area contributed by atoms with Crippen LogP contribution in [0.25, 0.3) is 0 Å². The van der Waals surface area contributed by atoms with Gasteiger partial charge < -0.3 is 15.5 Å². The van der Waals surface area contributed by atoms with Crippen LogP contribution in [-0.2, 0) is 0 Å². The summed E-state index contributed by atoms with van der Waals surface area (Å²) in [6.45, 7) is 3.67. The molecule has 0 aliphatic rings. The van der Waals surface area contributed by atoms with Gasteiger partial charge in [0.25, 0.3) is 0 Å². The van der Waals surface area contributed by atoms with E-state index in [-0.39, 0.29) is 11.9 Å². The lowest BCUT2D eigenvalue weighted by molar-refractivity contribution is 0.305. The Balaban J connectivity index is 2.84. The number of halogens is 1. The van der Waals surface area contributed by atoms with Crippen LogP contribution in [0, 0.1) is 18.2 Å². The van der Waals surface area contributed by atoms with E-state index in [0.717, 1.165) is 12.1 Å². The number of terminal acetylenes is 1. The molecule has 5 heteroatoms. The van der Waals surface area contributed by atoms with E-state index in [0.29, 0.717) is 19.0 Å². The Hall–Kier alpha value is -2.06. The van der Waals surface area contributed by atoms with Crippen molar-refractivity contribution in [3.05, 3.63) is 35.6 Å². The molecule has 0 spiro atoms. The summed E-state index contributed by atoms with van der Waals surface area (Å²) >= 11 is 0. The molecule has 1 rings (SSSR count). The fourth-order valence-corrected chi connectivity index (χ4v) is 1.93. The van der Waals surface area contributed by atoms with Gasteiger partial charge in [0, 0.05) is 6.54 Å². The van der Waals surface area contributed by atoms with E-state index in [4.69, 9.17) is 6.42 Å². The van der Waals surface area contributed by atoms with Gasteiger partial charge in [-0.25, -0.2) is 4.39 Å². The maximum absolute atomic E-state index is 13.4. The third-order valence-electron chi connectivity index (χ3n) is 2.98. The Morgan fingerprint density at radius 3 is 2.76 bits per heavy atom. The summed E-state index contributed by atoms with van der Waals surface area (Å²) in [4.78, 5) is 6.53. The second-order valence-corrected chi connectivity index (χ2v) is 4.81. The molecule has 0 heterocycles. The standard InChI is InChI=1S/C16H23FN4/c1-5-10-19-16(18-6-2)20-12-15(21(3)4)13-8-7-9-14(17)11-13/h1,7-9,11,15H,6,10,12H2,2-4H3,(H2,18,19,20). The summed E-state index contributed by atoms with van der Waals surface area (Å²) in [6.07, 6.45) is 5.24. The first kappa shape index (κ1) is 17.0. The molecular formula is C16H23FN4. The summed E-state index contributed by atoms with van der Waals surface area (Å²) in [6, 6.07) is 6.61. The van der Waals surface area contributed by atoms with Crippen LogP contribution in [-0.4, -0.2) is 44.6 Å². The molecule has 1 aromatic carbocycles. The first-order valence-corrected chi connectivity index (χ1v) is 6.96. The molecule has 1 atom stereocenters. The molecule has 0 fully saturated rings. The number of hydrogen-bond donors (Lipinski definition) is 2. The van der Waals surface area contributed by atoms with Gasteiger partial charge in [0.1, 0.15) is 5.82 Å². The molecular weight excluding hydrogens is 267 g/mol. The molecule has 2 N–H and O–H groups in total. The van der Waals surface area contributed by atoms with Gasteiger partial charge >= 0.3 is 0 Å². The molecule has 0 bridgehead atoms. The van der Waals surface area contributed by atoms with Crippen LogP contribution in [0.2, 0.25) is 0 Å². The lowest BCUT2D eigenvalue weighted by Gasteiger charge is -2.23. The van der Waals surface area contributed by atoms with Gasteiger partial charge in [0.2, 0.25) is 0 Å². The third kappa shape index (κ3) is 5.84. The fourth-order valence-electron chi connectivity index (χ4n) is 1.93. The van der Waals surface area contributed by atoms with Crippen molar-refractivity contribution in [1.29, 1.82) is 0 Å². The number of likely N-dealkylation sites (N-methyl/N-ethyl adjacent to an activating group) is 1. The van der Waals surface area contributed by atoms with E-state index in [1.807, 2.05) is 32.0 Å². The van der Waals surface area contributed by atoms with Crippen molar-refractivity contribution in [2.24, 2.45) is 4.99 Å². The Morgan fingerprint density at radius 1 is 1.43 bits per heavy atom. The maximum Gasteiger partial charge on any atom is 0.192 e. The minimum absolute atomic E-state index is 0.00184. The van der Waals surface area contributed by atoms with Crippen LogP contribution in [0.3, 0.4) is 0 Å². The minimum atomic E-state index is -0.235. The first-order valence-electron chi connectivity index (χ1n) is 6.96. The van der Waals surface area contributed by atoms with E-state index in [2.05, 4.69) is 21.5 Å². The average Bonchev–Trinajstić information content (AvgIpc) is 2.44. The highest BCUT2D eigenvalue weighted by atomic mass is 19.1. The Morgan fingerprint density at radius 2 is 2.19 bits per heavy atom. The molecule has 0 saturated carbocycles. The number of guanidine groups is 1. The summed E-state index contributed by atoms with van der Waals surface area (Å²) in [7, 11) is 3.90. The first-order chi connectivity index (χ1) is 10.1. The second kappa shape index (κ2) is 8.98. The maximum atomic E-state index is 13.4. The molecule has 0 radical (unpaired) electrons. The van der Waals surface area contributed by atoms with Gasteiger partial charge in [0.05, 0.1) is 19.1 Å². The van der Waals surface area contributed by atoms with Crippen molar-refractivity contribution in [1.82, 2.24) is 15.5 Å². The summed E-state index contributed by atoms with van der Waals surface area (Å²) in [5, 5.41) is 6.16. The van der Waals surface area contributed by atoms with Gasteiger partial charge in [-0.05, 0) is 38.7 Å². The number of benzene rings is 1. The number of aliphatic imine (C=N–C) groups is 1. The zero-order valence-electron chi connectivity index (χ0n) is 12.9. The molecule has 1 aromatic rings. The van der Waals surface area contributed by atoms with E-state index in [1.165, 1.54) is 6.07 Å². The van der Waals surface area contributed by atoms with Gasteiger partial charge in [-0.2, -0.15) is 0 Å². The summed E-state index contributed by atoms with van der Waals surface area (Å²) < 4.78 is 13.4.